The van der Waals surface area contributed by atoms with E-state index in [9.17, 15) is 4.79 Å². The molecule has 0 aliphatic carbocycles. The highest BCUT2D eigenvalue weighted by molar-refractivity contribution is 6.07. The van der Waals surface area contributed by atoms with Gasteiger partial charge in [0.2, 0.25) is 0 Å². The monoisotopic (exact) mass is 277 g/mol. The van der Waals surface area contributed by atoms with Crippen molar-refractivity contribution < 1.29 is 4.79 Å². The van der Waals surface area contributed by atoms with E-state index >= 15 is 0 Å². The van der Waals surface area contributed by atoms with Crippen LogP contribution in [0.15, 0.2) is 61.2 Å². The second-order valence-electron chi connectivity index (χ2n) is 4.29. The number of rotatable bonds is 4. The lowest BCUT2D eigenvalue weighted by atomic mass is 10.1. The van der Waals surface area contributed by atoms with E-state index in [0.717, 1.165) is 11.3 Å². The molecule has 3 aromatic rings. The zero-order valence-electron chi connectivity index (χ0n) is 11.0. The fourth-order valence-corrected chi connectivity index (χ4v) is 1.82. The Balaban J connectivity index is 1.82. The Hall–Kier alpha value is -3.15. The molecule has 0 saturated heterocycles. The first-order valence-corrected chi connectivity index (χ1v) is 6.29. The van der Waals surface area contributed by atoms with Crippen molar-refractivity contribution in [1.29, 1.82) is 0 Å². The van der Waals surface area contributed by atoms with Crippen LogP contribution in [0.5, 0.6) is 0 Å². The number of tetrazole rings is 1. The first kappa shape index (κ1) is 12.9. The van der Waals surface area contributed by atoms with Crippen molar-refractivity contribution in [3.05, 3.63) is 72.3 Å². The summed E-state index contributed by atoms with van der Waals surface area (Å²) in [5, 5.41) is 10.9. The van der Waals surface area contributed by atoms with Crippen molar-refractivity contribution in [3.63, 3.8) is 0 Å². The summed E-state index contributed by atoms with van der Waals surface area (Å²) in [4.78, 5) is 16.2. The second-order valence-corrected chi connectivity index (χ2v) is 4.29. The third kappa shape index (κ3) is 3.06. The average Bonchev–Trinajstić information content (AvgIpc) is 3.08. The Morgan fingerprint density at radius 3 is 2.90 bits per heavy atom. The van der Waals surface area contributed by atoms with E-state index in [-0.39, 0.29) is 5.78 Å². The molecule has 2 heterocycles. The quantitative estimate of drug-likeness (QED) is 0.538. The maximum absolute atomic E-state index is 12.2. The third-order valence-corrected chi connectivity index (χ3v) is 2.86. The van der Waals surface area contributed by atoms with Crippen LogP contribution in [0.4, 0.5) is 0 Å². The van der Waals surface area contributed by atoms with E-state index in [0.29, 0.717) is 5.56 Å². The Labute approximate surface area is 120 Å². The smallest absolute Gasteiger partial charge is 0.185 e. The summed E-state index contributed by atoms with van der Waals surface area (Å²) in [6, 6.07) is 10.8. The molecular weight excluding hydrogens is 266 g/mol. The minimum Gasteiger partial charge on any atom is -0.289 e. The van der Waals surface area contributed by atoms with Gasteiger partial charge in [-0.2, -0.15) is 0 Å². The number of aromatic nitrogens is 5. The fraction of sp³-hybridized carbons (Fsp3) is 0. The number of carbonyl (C=O) groups is 1. The highest BCUT2D eigenvalue weighted by Crippen LogP contribution is 2.10. The van der Waals surface area contributed by atoms with Crippen molar-refractivity contribution in [2.24, 2.45) is 0 Å². The number of ketones is 1. The van der Waals surface area contributed by atoms with E-state index in [1.807, 2.05) is 18.2 Å². The summed E-state index contributed by atoms with van der Waals surface area (Å²) in [5.74, 6) is -0.0891. The molecule has 2 aromatic heterocycles. The van der Waals surface area contributed by atoms with Gasteiger partial charge in [-0.15, -0.1) is 5.10 Å². The summed E-state index contributed by atoms with van der Waals surface area (Å²) < 4.78 is 1.50. The molecule has 102 valence electrons. The Morgan fingerprint density at radius 2 is 2.14 bits per heavy atom. The Kier molecular flexibility index (Phi) is 3.60. The number of hydrogen-bond acceptors (Lipinski definition) is 5. The standard InChI is InChI=1S/C15H11N5O/c21-15(7-6-12-3-2-8-16-10-12)13-4-1-5-14(9-13)20-11-17-18-19-20/h1-11H/b7-6+. The van der Waals surface area contributed by atoms with E-state index in [1.54, 1.807) is 36.7 Å². The summed E-state index contributed by atoms with van der Waals surface area (Å²) in [5.41, 5.74) is 2.19. The molecule has 0 bridgehead atoms. The minimum absolute atomic E-state index is 0.0891. The fourth-order valence-electron chi connectivity index (χ4n) is 1.82. The molecule has 3 rings (SSSR count). The lowest BCUT2D eigenvalue weighted by molar-refractivity contribution is 0.104. The SMILES string of the molecule is O=C(/C=C/c1cccnc1)c1cccc(-n2cnnn2)c1. The van der Waals surface area contributed by atoms with Crippen LogP contribution in [0.3, 0.4) is 0 Å². The Bertz CT molecular complexity index is 766. The molecular formula is C15H11N5O. The summed E-state index contributed by atoms with van der Waals surface area (Å²) >= 11 is 0. The maximum Gasteiger partial charge on any atom is 0.185 e. The first-order chi connectivity index (χ1) is 10.3. The molecule has 0 amide bonds. The van der Waals surface area contributed by atoms with E-state index in [1.165, 1.54) is 17.1 Å². The predicted octanol–water partition coefficient (Wildman–Crippen LogP) is 1.95. The van der Waals surface area contributed by atoms with Crippen LogP contribution in [0, 0.1) is 0 Å². The molecule has 0 aliphatic rings. The van der Waals surface area contributed by atoms with Gasteiger partial charge in [-0.1, -0.05) is 18.2 Å². The van der Waals surface area contributed by atoms with Crippen LogP contribution >= 0.6 is 0 Å². The van der Waals surface area contributed by atoms with Crippen LogP contribution in [-0.4, -0.2) is 31.0 Å². The third-order valence-electron chi connectivity index (χ3n) is 2.86. The number of carbonyl (C=O) groups excluding carboxylic acids is 1. The maximum atomic E-state index is 12.2. The number of benzene rings is 1. The second kappa shape index (κ2) is 5.87. The van der Waals surface area contributed by atoms with Gasteiger partial charge in [-0.25, -0.2) is 4.68 Å². The molecule has 0 N–H and O–H groups in total. The van der Waals surface area contributed by atoms with Gasteiger partial charge < -0.3 is 0 Å². The molecule has 1 aromatic carbocycles. The van der Waals surface area contributed by atoms with Crippen LogP contribution in [0.25, 0.3) is 11.8 Å². The van der Waals surface area contributed by atoms with E-state index < -0.39 is 0 Å². The van der Waals surface area contributed by atoms with Gasteiger partial charge in [0.05, 0.1) is 5.69 Å². The molecule has 0 unspecified atom stereocenters. The molecule has 0 saturated carbocycles. The van der Waals surface area contributed by atoms with Crippen molar-refractivity contribution in [3.8, 4) is 5.69 Å². The van der Waals surface area contributed by atoms with Crippen molar-refractivity contribution in [2.75, 3.05) is 0 Å². The zero-order chi connectivity index (χ0) is 14.5. The largest absolute Gasteiger partial charge is 0.289 e. The van der Waals surface area contributed by atoms with E-state index in [2.05, 4.69) is 20.5 Å². The van der Waals surface area contributed by atoms with Crippen molar-refractivity contribution in [2.45, 2.75) is 0 Å². The van der Waals surface area contributed by atoms with Gasteiger partial charge in [0, 0.05) is 18.0 Å². The van der Waals surface area contributed by atoms with Gasteiger partial charge in [-0.05, 0) is 46.3 Å². The Morgan fingerprint density at radius 1 is 1.19 bits per heavy atom. The number of allylic oxidation sites excluding steroid dienone is 1. The van der Waals surface area contributed by atoms with Crippen LogP contribution in [-0.2, 0) is 0 Å². The highest BCUT2D eigenvalue weighted by Gasteiger charge is 2.04. The van der Waals surface area contributed by atoms with Crippen molar-refractivity contribution in [1.82, 2.24) is 25.2 Å². The zero-order valence-corrected chi connectivity index (χ0v) is 11.0. The lowest BCUT2D eigenvalue weighted by Crippen LogP contribution is -1.99. The molecule has 21 heavy (non-hydrogen) atoms. The minimum atomic E-state index is -0.0891. The molecule has 0 aliphatic heterocycles. The topological polar surface area (TPSA) is 73.6 Å². The normalized spacial score (nSPS) is 10.9. The number of hydrogen-bond donors (Lipinski definition) is 0. The van der Waals surface area contributed by atoms with Gasteiger partial charge in [-0.3, -0.25) is 9.78 Å². The molecule has 0 fully saturated rings. The van der Waals surface area contributed by atoms with Gasteiger partial charge in [0.15, 0.2) is 5.78 Å². The molecule has 6 heteroatoms. The summed E-state index contributed by atoms with van der Waals surface area (Å²) in [7, 11) is 0. The predicted molar refractivity (Wildman–Crippen MR) is 76.8 cm³/mol. The molecule has 0 spiro atoms. The van der Waals surface area contributed by atoms with Gasteiger partial charge in [0.1, 0.15) is 6.33 Å². The lowest BCUT2D eigenvalue weighted by Gasteiger charge is -2.01. The van der Waals surface area contributed by atoms with Gasteiger partial charge in [0.25, 0.3) is 0 Å². The summed E-state index contributed by atoms with van der Waals surface area (Å²) in [6.45, 7) is 0. The first-order valence-electron chi connectivity index (χ1n) is 6.29. The summed E-state index contributed by atoms with van der Waals surface area (Å²) in [6.07, 6.45) is 8.12. The molecule has 0 radical (unpaired) electrons. The van der Waals surface area contributed by atoms with Crippen LogP contribution in [0.1, 0.15) is 15.9 Å². The highest BCUT2D eigenvalue weighted by atomic mass is 16.1. The average molecular weight is 277 g/mol. The van der Waals surface area contributed by atoms with E-state index in [4.69, 9.17) is 0 Å². The van der Waals surface area contributed by atoms with Crippen LogP contribution < -0.4 is 0 Å². The number of pyridine rings is 1. The van der Waals surface area contributed by atoms with Crippen LogP contribution in [0.2, 0.25) is 0 Å². The van der Waals surface area contributed by atoms with Gasteiger partial charge >= 0.3 is 0 Å². The molecule has 0 atom stereocenters. The van der Waals surface area contributed by atoms with Crippen molar-refractivity contribution >= 4 is 11.9 Å². The molecule has 6 nitrogen and oxygen atoms in total. The number of nitrogens with zero attached hydrogens (tertiary/aromatic N) is 5.